The molecule has 2 amide bonds. The molecule has 1 aliphatic heterocycles. The number of urea groups is 1. The summed E-state index contributed by atoms with van der Waals surface area (Å²) in [4.78, 5) is 24.8. The molecule has 0 saturated carbocycles. The summed E-state index contributed by atoms with van der Waals surface area (Å²) in [7, 11) is 0. The van der Waals surface area contributed by atoms with Crippen molar-refractivity contribution >= 4 is 49.5 Å². The fraction of sp³-hybridized carbons (Fsp3) is 0.385. The molecule has 1 saturated heterocycles. The van der Waals surface area contributed by atoms with Crippen LogP contribution in [0.25, 0.3) is 0 Å². The molecule has 2 N–H and O–H groups in total. The van der Waals surface area contributed by atoms with Crippen molar-refractivity contribution in [2.45, 2.75) is 13.0 Å². The lowest BCUT2D eigenvalue weighted by atomic mass is 10.2. The van der Waals surface area contributed by atoms with Crippen LogP contribution in [0.15, 0.2) is 21.1 Å². The number of hydrogen-bond acceptors (Lipinski definition) is 3. The number of benzene rings is 1. The van der Waals surface area contributed by atoms with Gasteiger partial charge in [-0.2, -0.15) is 0 Å². The second-order valence-corrected chi connectivity index (χ2v) is 6.36. The van der Waals surface area contributed by atoms with E-state index in [1.165, 1.54) is 4.90 Å². The Hall–Kier alpha value is -1.12. The highest BCUT2D eigenvalue weighted by atomic mass is 79.9. The number of nitrogens with zero attached hydrogens (tertiary/aromatic N) is 1. The Morgan fingerprint density at radius 1 is 1.38 bits per heavy atom. The molecule has 6 nitrogen and oxygen atoms in total. The molecule has 0 aromatic heterocycles. The molecule has 21 heavy (non-hydrogen) atoms. The standard InChI is InChI=1S/C13H14Br2N2O4/c1-7-4-8(14)11(9(15)5-7)16-13(20)17-2-3-21-6-10(17)12(18)19/h4-5,10H,2-3,6H2,1H3,(H,16,20)(H,18,19). The third-order valence-electron chi connectivity index (χ3n) is 3.09. The molecule has 2 rings (SSSR count). The van der Waals surface area contributed by atoms with Crippen LogP contribution in [-0.4, -0.2) is 47.8 Å². The molecule has 1 atom stereocenters. The molecule has 1 fully saturated rings. The lowest BCUT2D eigenvalue weighted by molar-refractivity contribution is -0.147. The lowest BCUT2D eigenvalue weighted by Gasteiger charge is -2.33. The van der Waals surface area contributed by atoms with E-state index in [9.17, 15) is 9.59 Å². The lowest BCUT2D eigenvalue weighted by Crippen LogP contribution is -2.54. The molecular formula is C13H14Br2N2O4. The summed E-state index contributed by atoms with van der Waals surface area (Å²) in [6.45, 7) is 2.50. The number of aryl methyl sites for hydroxylation is 1. The largest absolute Gasteiger partial charge is 0.480 e. The number of carboxylic acid groups (broad SMARTS) is 1. The number of nitrogens with one attached hydrogen (secondary N) is 1. The maximum Gasteiger partial charge on any atom is 0.328 e. The van der Waals surface area contributed by atoms with Gasteiger partial charge in [-0.25, -0.2) is 9.59 Å². The van der Waals surface area contributed by atoms with Crippen molar-refractivity contribution in [3.05, 3.63) is 26.6 Å². The molecule has 0 radical (unpaired) electrons. The number of rotatable bonds is 2. The Labute approximate surface area is 138 Å². The van der Waals surface area contributed by atoms with Crippen LogP contribution in [0.3, 0.4) is 0 Å². The van der Waals surface area contributed by atoms with Crippen LogP contribution >= 0.6 is 31.9 Å². The summed E-state index contributed by atoms with van der Waals surface area (Å²) in [6.07, 6.45) is 0. The van der Waals surface area contributed by atoms with Gasteiger partial charge >= 0.3 is 12.0 Å². The number of anilines is 1. The van der Waals surface area contributed by atoms with Gasteiger partial charge in [-0.1, -0.05) is 0 Å². The van der Waals surface area contributed by atoms with E-state index in [1.54, 1.807) is 0 Å². The third-order valence-corrected chi connectivity index (χ3v) is 4.34. The van der Waals surface area contributed by atoms with Gasteiger partial charge in [0.05, 0.1) is 18.9 Å². The van der Waals surface area contributed by atoms with Gasteiger partial charge < -0.3 is 20.1 Å². The summed E-state index contributed by atoms with van der Waals surface area (Å²) in [5.74, 6) is -1.08. The van der Waals surface area contributed by atoms with Gasteiger partial charge in [-0.05, 0) is 56.5 Å². The van der Waals surface area contributed by atoms with Crippen molar-refractivity contribution in [3.63, 3.8) is 0 Å². The predicted octanol–water partition coefficient (Wildman–Crippen LogP) is 2.84. The first kappa shape index (κ1) is 16.3. The van der Waals surface area contributed by atoms with E-state index in [4.69, 9.17) is 9.84 Å². The topological polar surface area (TPSA) is 78.9 Å². The summed E-state index contributed by atoms with van der Waals surface area (Å²) >= 11 is 6.78. The van der Waals surface area contributed by atoms with E-state index in [0.29, 0.717) is 12.3 Å². The zero-order chi connectivity index (χ0) is 15.6. The third kappa shape index (κ3) is 3.75. The average Bonchev–Trinajstić information content (AvgIpc) is 2.42. The van der Waals surface area contributed by atoms with Gasteiger partial charge in [0.25, 0.3) is 0 Å². The zero-order valence-corrected chi connectivity index (χ0v) is 14.4. The minimum atomic E-state index is -1.08. The van der Waals surface area contributed by atoms with Crippen molar-refractivity contribution in [3.8, 4) is 0 Å². The molecule has 114 valence electrons. The number of carbonyl (C=O) groups excluding carboxylic acids is 1. The van der Waals surface area contributed by atoms with E-state index >= 15 is 0 Å². The summed E-state index contributed by atoms with van der Waals surface area (Å²) in [5, 5.41) is 11.9. The van der Waals surface area contributed by atoms with Crippen LogP contribution in [0.2, 0.25) is 0 Å². The maximum atomic E-state index is 12.3. The fourth-order valence-electron chi connectivity index (χ4n) is 2.05. The Morgan fingerprint density at radius 2 is 2.00 bits per heavy atom. The molecule has 1 unspecified atom stereocenters. The SMILES string of the molecule is Cc1cc(Br)c(NC(=O)N2CCOCC2C(=O)O)c(Br)c1. The Morgan fingerprint density at radius 3 is 2.57 bits per heavy atom. The minimum absolute atomic E-state index is 0.00100. The number of morpholine rings is 1. The van der Waals surface area contributed by atoms with Crippen molar-refractivity contribution in [1.29, 1.82) is 0 Å². The summed E-state index contributed by atoms with van der Waals surface area (Å²) in [5.41, 5.74) is 1.60. The highest BCUT2D eigenvalue weighted by Crippen LogP contribution is 2.32. The Bertz CT molecular complexity index is 556. The molecule has 1 aliphatic rings. The Kier molecular flexibility index (Phi) is 5.23. The smallest absolute Gasteiger partial charge is 0.328 e. The quantitative estimate of drug-likeness (QED) is 0.769. The summed E-state index contributed by atoms with van der Waals surface area (Å²) in [6, 6.07) is 2.31. The first-order valence-electron chi connectivity index (χ1n) is 6.24. The van der Waals surface area contributed by atoms with Gasteiger partial charge in [0.2, 0.25) is 0 Å². The summed E-state index contributed by atoms with van der Waals surface area (Å²) < 4.78 is 6.57. The first-order valence-corrected chi connectivity index (χ1v) is 7.82. The van der Waals surface area contributed by atoms with Crippen LogP contribution in [0.1, 0.15) is 5.56 Å². The average molecular weight is 422 g/mol. The number of halogens is 2. The molecular weight excluding hydrogens is 408 g/mol. The van der Waals surface area contributed by atoms with Crippen LogP contribution in [0, 0.1) is 6.92 Å². The van der Waals surface area contributed by atoms with Crippen molar-refractivity contribution in [2.75, 3.05) is 25.1 Å². The van der Waals surface area contributed by atoms with Gasteiger partial charge in [0.1, 0.15) is 0 Å². The van der Waals surface area contributed by atoms with Gasteiger partial charge in [0, 0.05) is 15.5 Å². The maximum absolute atomic E-state index is 12.3. The predicted molar refractivity (Wildman–Crippen MR) is 84.5 cm³/mol. The second-order valence-electron chi connectivity index (χ2n) is 4.66. The van der Waals surface area contributed by atoms with Crippen molar-refractivity contribution in [2.24, 2.45) is 0 Å². The van der Waals surface area contributed by atoms with Gasteiger partial charge in [-0.3, -0.25) is 0 Å². The molecule has 0 bridgehead atoms. The van der Waals surface area contributed by atoms with E-state index in [2.05, 4.69) is 37.2 Å². The number of hydrogen-bond donors (Lipinski definition) is 2. The van der Waals surface area contributed by atoms with Gasteiger partial charge in [-0.15, -0.1) is 0 Å². The van der Waals surface area contributed by atoms with Crippen LogP contribution in [-0.2, 0) is 9.53 Å². The van der Waals surface area contributed by atoms with E-state index < -0.39 is 18.0 Å². The van der Waals surface area contributed by atoms with Crippen molar-refractivity contribution in [1.82, 2.24) is 4.90 Å². The molecule has 1 aromatic carbocycles. The highest BCUT2D eigenvalue weighted by molar-refractivity contribution is 9.11. The van der Waals surface area contributed by atoms with E-state index in [0.717, 1.165) is 14.5 Å². The Balaban J connectivity index is 2.19. The minimum Gasteiger partial charge on any atom is -0.480 e. The zero-order valence-electron chi connectivity index (χ0n) is 11.2. The number of ether oxygens (including phenoxy) is 1. The second kappa shape index (κ2) is 6.76. The normalized spacial score (nSPS) is 18.4. The van der Waals surface area contributed by atoms with E-state index in [1.807, 2.05) is 19.1 Å². The first-order chi connectivity index (χ1) is 9.90. The van der Waals surface area contributed by atoms with E-state index in [-0.39, 0.29) is 13.2 Å². The monoisotopic (exact) mass is 420 g/mol. The van der Waals surface area contributed by atoms with Crippen LogP contribution in [0.5, 0.6) is 0 Å². The number of amides is 2. The molecule has 8 heteroatoms. The molecule has 0 aliphatic carbocycles. The number of carboxylic acids is 1. The highest BCUT2D eigenvalue weighted by Gasteiger charge is 2.33. The molecule has 0 spiro atoms. The van der Waals surface area contributed by atoms with Crippen LogP contribution in [0.4, 0.5) is 10.5 Å². The number of aliphatic carboxylic acids is 1. The molecule has 1 heterocycles. The molecule has 1 aromatic rings. The van der Waals surface area contributed by atoms with Crippen molar-refractivity contribution < 1.29 is 19.4 Å². The van der Waals surface area contributed by atoms with Gasteiger partial charge in [0.15, 0.2) is 6.04 Å². The van der Waals surface area contributed by atoms with Crippen LogP contribution < -0.4 is 5.32 Å². The fourth-order valence-corrected chi connectivity index (χ4v) is 3.66. The number of carbonyl (C=O) groups is 2.